The molecule has 1 saturated carbocycles. The summed E-state index contributed by atoms with van der Waals surface area (Å²) >= 11 is 0. The standard InChI is InChI=1S/C23H31N3O3S/c1-3-18-9-11-19(12-10-18)21-17(2)22(24-30(21,28)29)25-13-6-14-26(16-15-25)23(27)20-7-4-5-8-20/h9-12,20H,3-8,13-16H2,1-2H3. The van der Waals surface area contributed by atoms with Gasteiger partial charge in [-0.15, -0.1) is 4.40 Å². The second kappa shape index (κ2) is 8.53. The van der Waals surface area contributed by atoms with E-state index in [1.807, 2.05) is 41.0 Å². The van der Waals surface area contributed by atoms with Gasteiger partial charge in [0.05, 0.1) is 0 Å². The van der Waals surface area contributed by atoms with E-state index in [0.29, 0.717) is 41.5 Å². The number of hydrogen-bond donors (Lipinski definition) is 0. The number of carbonyl (C=O) groups is 1. The molecule has 7 heteroatoms. The molecule has 2 fully saturated rings. The van der Waals surface area contributed by atoms with E-state index in [9.17, 15) is 13.2 Å². The molecule has 1 aliphatic carbocycles. The second-order valence-electron chi connectivity index (χ2n) is 8.54. The molecule has 6 nitrogen and oxygen atoms in total. The van der Waals surface area contributed by atoms with Crippen molar-refractivity contribution in [3.63, 3.8) is 0 Å². The lowest BCUT2D eigenvalue weighted by atomic mass is 10.1. The molecule has 0 radical (unpaired) electrons. The van der Waals surface area contributed by atoms with Gasteiger partial charge in [-0.1, -0.05) is 44.0 Å². The van der Waals surface area contributed by atoms with Crippen LogP contribution < -0.4 is 0 Å². The van der Waals surface area contributed by atoms with Crippen molar-refractivity contribution in [2.24, 2.45) is 10.3 Å². The Hall–Kier alpha value is -2.15. The Morgan fingerprint density at radius 3 is 2.40 bits per heavy atom. The highest BCUT2D eigenvalue weighted by Crippen LogP contribution is 2.34. The Morgan fingerprint density at radius 2 is 1.73 bits per heavy atom. The molecular formula is C23H31N3O3S. The SMILES string of the molecule is CCc1ccc(C2=C(C)C(N3CCCN(C(=O)C4CCCC4)CC3)=NS2(=O)=O)cc1. The Balaban J connectivity index is 1.53. The van der Waals surface area contributed by atoms with Crippen molar-refractivity contribution in [1.82, 2.24) is 9.80 Å². The van der Waals surface area contributed by atoms with Crippen molar-refractivity contribution >= 4 is 26.7 Å². The molecule has 0 bridgehead atoms. The molecule has 1 amide bonds. The number of amides is 1. The first-order valence-corrected chi connectivity index (χ1v) is 12.5. The Labute approximate surface area is 179 Å². The highest BCUT2D eigenvalue weighted by atomic mass is 32.2. The van der Waals surface area contributed by atoms with Crippen molar-refractivity contribution in [1.29, 1.82) is 0 Å². The number of nitrogens with zero attached hydrogens (tertiary/aromatic N) is 3. The van der Waals surface area contributed by atoms with Crippen molar-refractivity contribution in [2.75, 3.05) is 26.2 Å². The predicted octanol–water partition coefficient (Wildman–Crippen LogP) is 3.45. The summed E-state index contributed by atoms with van der Waals surface area (Å²) in [5, 5.41) is 0. The van der Waals surface area contributed by atoms with Gasteiger partial charge in [-0.05, 0) is 43.7 Å². The summed E-state index contributed by atoms with van der Waals surface area (Å²) in [6.07, 6.45) is 6.05. The summed E-state index contributed by atoms with van der Waals surface area (Å²) in [5.41, 5.74) is 2.57. The number of hydrogen-bond acceptors (Lipinski definition) is 4. The fraction of sp³-hybridized carbons (Fsp3) is 0.565. The van der Waals surface area contributed by atoms with Crippen LogP contribution in [0.5, 0.6) is 0 Å². The molecular weight excluding hydrogens is 398 g/mol. The van der Waals surface area contributed by atoms with Crippen LogP contribution in [0.1, 0.15) is 57.1 Å². The molecule has 3 aliphatic rings. The minimum absolute atomic E-state index is 0.181. The van der Waals surface area contributed by atoms with Gasteiger partial charge in [0.15, 0.2) is 0 Å². The molecule has 2 heterocycles. The van der Waals surface area contributed by atoms with Crippen LogP contribution in [0.25, 0.3) is 4.91 Å². The quantitative estimate of drug-likeness (QED) is 0.738. The van der Waals surface area contributed by atoms with E-state index in [0.717, 1.165) is 45.1 Å². The lowest BCUT2D eigenvalue weighted by molar-refractivity contribution is -0.135. The smallest absolute Gasteiger partial charge is 0.285 e. The first-order chi connectivity index (χ1) is 14.4. The third-order valence-electron chi connectivity index (χ3n) is 6.58. The molecule has 0 unspecified atom stereocenters. The zero-order valence-electron chi connectivity index (χ0n) is 17.9. The van der Waals surface area contributed by atoms with E-state index in [1.165, 1.54) is 5.56 Å². The second-order valence-corrected chi connectivity index (χ2v) is 10.1. The summed E-state index contributed by atoms with van der Waals surface area (Å²) in [5.74, 6) is 0.999. The van der Waals surface area contributed by atoms with Gasteiger partial charge in [0, 0.05) is 37.7 Å². The monoisotopic (exact) mass is 429 g/mol. The molecule has 1 aromatic rings. The average molecular weight is 430 g/mol. The normalized spacial score (nSPS) is 22.4. The summed E-state index contributed by atoms with van der Waals surface area (Å²) in [6, 6.07) is 7.69. The van der Waals surface area contributed by atoms with Crippen LogP contribution in [0.3, 0.4) is 0 Å². The number of amidine groups is 1. The number of aryl methyl sites for hydroxylation is 1. The fourth-order valence-electron chi connectivity index (χ4n) is 4.86. The molecule has 2 aliphatic heterocycles. The van der Waals surface area contributed by atoms with Crippen molar-refractivity contribution in [3.05, 3.63) is 41.0 Å². The minimum atomic E-state index is -3.72. The Morgan fingerprint density at radius 1 is 1.03 bits per heavy atom. The fourth-order valence-corrected chi connectivity index (χ4v) is 6.34. The summed E-state index contributed by atoms with van der Waals surface area (Å²) in [4.78, 5) is 17.1. The maximum atomic E-state index is 12.9. The number of sulfonamides is 1. The maximum Gasteiger partial charge on any atom is 0.285 e. The third kappa shape index (κ3) is 4.04. The van der Waals surface area contributed by atoms with Crippen LogP contribution in [0, 0.1) is 5.92 Å². The molecule has 1 saturated heterocycles. The van der Waals surface area contributed by atoms with Gasteiger partial charge in [-0.3, -0.25) is 4.79 Å². The predicted molar refractivity (Wildman–Crippen MR) is 119 cm³/mol. The van der Waals surface area contributed by atoms with E-state index >= 15 is 0 Å². The van der Waals surface area contributed by atoms with Gasteiger partial charge >= 0.3 is 0 Å². The Kier molecular flexibility index (Phi) is 6.00. The summed E-state index contributed by atoms with van der Waals surface area (Å²) in [7, 11) is -3.72. The molecule has 4 rings (SSSR count). The summed E-state index contributed by atoms with van der Waals surface area (Å²) in [6.45, 7) is 6.61. The third-order valence-corrected chi connectivity index (χ3v) is 8.05. The van der Waals surface area contributed by atoms with Crippen molar-refractivity contribution in [2.45, 2.75) is 52.4 Å². The number of carbonyl (C=O) groups excluding carboxylic acids is 1. The molecule has 0 spiro atoms. The first-order valence-electron chi connectivity index (χ1n) is 11.1. The van der Waals surface area contributed by atoms with Gasteiger partial charge in [0.25, 0.3) is 10.0 Å². The van der Waals surface area contributed by atoms with Gasteiger partial charge < -0.3 is 9.80 Å². The van der Waals surface area contributed by atoms with Gasteiger partial charge in [0.1, 0.15) is 10.7 Å². The van der Waals surface area contributed by atoms with Crippen molar-refractivity contribution < 1.29 is 13.2 Å². The van der Waals surface area contributed by atoms with Gasteiger partial charge in [-0.2, -0.15) is 8.42 Å². The van der Waals surface area contributed by atoms with Crippen LogP contribution in [-0.2, 0) is 21.2 Å². The molecule has 162 valence electrons. The van der Waals surface area contributed by atoms with Crippen LogP contribution in [0.15, 0.2) is 34.2 Å². The highest BCUT2D eigenvalue weighted by Gasteiger charge is 2.35. The zero-order chi connectivity index (χ0) is 21.3. The molecule has 30 heavy (non-hydrogen) atoms. The Bertz CT molecular complexity index is 973. The zero-order valence-corrected chi connectivity index (χ0v) is 18.7. The van der Waals surface area contributed by atoms with Crippen LogP contribution in [0.4, 0.5) is 0 Å². The van der Waals surface area contributed by atoms with E-state index in [2.05, 4.69) is 11.3 Å². The van der Waals surface area contributed by atoms with E-state index in [1.54, 1.807) is 0 Å². The van der Waals surface area contributed by atoms with Gasteiger partial charge in [0.2, 0.25) is 5.91 Å². The van der Waals surface area contributed by atoms with Crippen LogP contribution in [-0.4, -0.2) is 56.1 Å². The first kappa shape index (κ1) is 21.1. The van der Waals surface area contributed by atoms with Gasteiger partial charge in [-0.25, -0.2) is 0 Å². The number of rotatable bonds is 3. The average Bonchev–Trinajstić information content (AvgIpc) is 3.26. The molecule has 0 aromatic heterocycles. The van der Waals surface area contributed by atoms with Crippen LogP contribution in [0.2, 0.25) is 0 Å². The minimum Gasteiger partial charge on any atom is -0.354 e. The number of benzene rings is 1. The van der Waals surface area contributed by atoms with Crippen molar-refractivity contribution in [3.8, 4) is 0 Å². The molecule has 1 aromatic carbocycles. The van der Waals surface area contributed by atoms with Crippen LogP contribution >= 0.6 is 0 Å². The van der Waals surface area contributed by atoms with E-state index in [-0.39, 0.29) is 11.8 Å². The highest BCUT2D eigenvalue weighted by molar-refractivity contribution is 8.00. The lowest BCUT2D eigenvalue weighted by Crippen LogP contribution is -2.39. The lowest BCUT2D eigenvalue weighted by Gasteiger charge is -2.25. The summed E-state index contributed by atoms with van der Waals surface area (Å²) < 4.78 is 29.9. The molecule has 0 atom stereocenters. The largest absolute Gasteiger partial charge is 0.354 e. The molecule has 0 N–H and O–H groups in total. The van der Waals surface area contributed by atoms with E-state index < -0.39 is 10.0 Å². The van der Waals surface area contributed by atoms with E-state index in [4.69, 9.17) is 0 Å². The maximum absolute atomic E-state index is 12.9. The topological polar surface area (TPSA) is 70.0 Å².